The van der Waals surface area contributed by atoms with Crippen molar-refractivity contribution < 1.29 is 115 Å². The number of aliphatic hydroxyl groups excluding tert-OH is 4. The number of aliphatic hydroxyl groups is 4. The monoisotopic (exact) mass is 1470 g/mol. The zero-order valence-corrected chi connectivity index (χ0v) is 63.2. The summed E-state index contributed by atoms with van der Waals surface area (Å²) in [6.07, 6.45) is 13.4. The van der Waals surface area contributed by atoms with Crippen molar-refractivity contribution in [3.63, 3.8) is 0 Å². The molecular weight excluding hydrogens is 1340 g/mol. The minimum atomic E-state index is -5.67. The van der Waals surface area contributed by atoms with Crippen LogP contribution in [0.2, 0.25) is 0 Å². The van der Waals surface area contributed by atoms with Crippen molar-refractivity contribution in [1.82, 2.24) is 10.6 Å². The van der Waals surface area contributed by atoms with E-state index in [1.54, 1.807) is 0 Å². The van der Waals surface area contributed by atoms with E-state index in [9.17, 15) is 77.9 Å². The van der Waals surface area contributed by atoms with E-state index in [2.05, 4.69) is 31.4 Å². The molecule has 13 atom stereocenters. The predicted molar refractivity (Wildman–Crippen MR) is 378 cm³/mol. The Morgan fingerprint density at radius 3 is 1.25 bits per heavy atom. The number of carbonyl (C=O) groups is 6. The normalized spacial score (nSPS) is 22.0. The van der Waals surface area contributed by atoms with Crippen LogP contribution in [-0.2, 0) is 75.4 Å². The molecule has 2 heterocycles. The van der Waals surface area contributed by atoms with Crippen LogP contribution in [0.5, 0.6) is 0 Å². The molecule has 0 saturated carbocycles. The largest absolute Gasteiger partial charge is 0.472 e. The summed E-state index contributed by atoms with van der Waals surface area (Å²) in [4.78, 5) is 124. The Morgan fingerprint density at radius 1 is 0.430 bits per heavy atom. The molecule has 26 nitrogen and oxygen atoms in total. The zero-order chi connectivity index (χ0) is 74.0. The van der Waals surface area contributed by atoms with Crippen molar-refractivity contribution in [3.05, 3.63) is 0 Å². The second-order valence-corrected chi connectivity index (χ2v) is 30.2. The van der Waals surface area contributed by atoms with Crippen LogP contribution in [0, 0.1) is 0 Å². The van der Waals surface area contributed by atoms with Crippen LogP contribution < -0.4 is 10.6 Å². The van der Waals surface area contributed by atoms with E-state index >= 15 is 0 Å². The van der Waals surface area contributed by atoms with Gasteiger partial charge >= 0.3 is 33.6 Å². The number of carbonyl (C=O) groups excluding carboxylic acids is 6. The molecule has 10 N–H and O–H groups in total. The van der Waals surface area contributed by atoms with Gasteiger partial charge in [-0.2, -0.15) is 0 Å². The molecule has 2 fully saturated rings. The first kappa shape index (κ1) is 93.0. The number of ether oxygens (including phenoxy) is 6. The number of unbranched alkanes of at least 4 members (excludes halogenated alkanes) is 32. The number of phosphoric ester groups is 2. The number of ketones is 1. The van der Waals surface area contributed by atoms with Crippen LogP contribution in [0.1, 0.15) is 330 Å². The molecule has 0 aliphatic carbocycles. The van der Waals surface area contributed by atoms with E-state index in [-0.39, 0.29) is 32.1 Å². The summed E-state index contributed by atoms with van der Waals surface area (Å²) in [6.45, 7) is 8.44. The number of esters is 3. The van der Waals surface area contributed by atoms with E-state index in [1.807, 2.05) is 13.8 Å². The topological polar surface area (TPSA) is 396 Å². The van der Waals surface area contributed by atoms with Gasteiger partial charge in [-0.15, -0.1) is 0 Å². The zero-order valence-electron chi connectivity index (χ0n) is 61.5. The molecule has 13 unspecified atom stereocenters. The van der Waals surface area contributed by atoms with Crippen LogP contribution in [0.25, 0.3) is 0 Å². The number of phosphoric acid groups is 2. The fourth-order valence-electron chi connectivity index (χ4n) is 12.8. The summed E-state index contributed by atoms with van der Waals surface area (Å²) >= 11 is 0. The highest BCUT2D eigenvalue weighted by atomic mass is 31.2. The van der Waals surface area contributed by atoms with Gasteiger partial charge in [-0.05, 0) is 38.5 Å². The first-order valence-corrected chi connectivity index (χ1v) is 41.7. The van der Waals surface area contributed by atoms with Gasteiger partial charge in [0.25, 0.3) is 0 Å². The van der Waals surface area contributed by atoms with Crippen LogP contribution in [0.15, 0.2) is 0 Å². The molecule has 0 bridgehead atoms. The van der Waals surface area contributed by atoms with Crippen LogP contribution in [0.4, 0.5) is 0 Å². The van der Waals surface area contributed by atoms with Crippen LogP contribution in [-0.4, -0.2) is 168 Å². The molecule has 0 aromatic heterocycles. The molecular formula is C72H134N2O24P2. The third kappa shape index (κ3) is 44.7. The summed E-state index contributed by atoms with van der Waals surface area (Å²) in [6, 6.07) is -3.85. The summed E-state index contributed by atoms with van der Waals surface area (Å²) in [5, 5.41) is 50.2. The average Bonchev–Trinajstić information content (AvgIpc) is 0.784. The van der Waals surface area contributed by atoms with Crippen LogP contribution in [0.3, 0.4) is 0 Å². The summed E-state index contributed by atoms with van der Waals surface area (Å²) < 4.78 is 71.7. The standard InChI is InChI=1S/C72H134N2O24P2/c1-6-11-16-21-24-27-30-35-40-43-54(76)48-60(79)73-66-70(96-64(83)50-56(78)45-39-34-20-15-10-5)68(97-99(85,86)87)58(52-75)93-71(66)91-53-59-67(84)69(95-63(82)49-55(77)44-38-33-19-14-9-4)65(72(94-59)98-100(88,89)90)74-61(80)51-57(46-41-36-31-28-25-22-17-12-7-2)92-62(81)47-42-37-32-29-26-23-18-13-8-3/h55-59,65-72,75,77-78,84H,6-53H2,1-5H3,(H,73,79)(H,74,80)(H2,85,86,87)(H2,88,89,90). The lowest BCUT2D eigenvalue weighted by Crippen LogP contribution is -2.68. The lowest BCUT2D eigenvalue weighted by molar-refractivity contribution is -0.296. The highest BCUT2D eigenvalue weighted by Gasteiger charge is 2.55. The van der Waals surface area contributed by atoms with Crippen molar-refractivity contribution in [1.29, 1.82) is 0 Å². The minimum absolute atomic E-state index is 0.0163. The third-order valence-electron chi connectivity index (χ3n) is 18.4. The first-order valence-electron chi connectivity index (χ1n) is 38.6. The molecule has 0 aromatic carbocycles. The molecule has 0 spiro atoms. The molecule has 0 aromatic rings. The van der Waals surface area contributed by atoms with Crippen molar-refractivity contribution in [3.8, 4) is 0 Å². The number of Topliss-reactive ketones (excluding diaryl/α,β-unsaturated/α-hetero) is 1. The lowest BCUT2D eigenvalue weighted by atomic mass is 9.95. The van der Waals surface area contributed by atoms with Crippen molar-refractivity contribution in [2.75, 3.05) is 13.2 Å². The van der Waals surface area contributed by atoms with Gasteiger partial charge in [-0.25, -0.2) is 9.13 Å². The fraction of sp³-hybridized carbons (Fsp3) is 0.917. The minimum Gasteiger partial charge on any atom is -0.462 e. The smallest absolute Gasteiger partial charge is 0.462 e. The highest BCUT2D eigenvalue weighted by Crippen LogP contribution is 2.44. The Labute approximate surface area is 597 Å². The quantitative estimate of drug-likeness (QED) is 0.00889. The van der Waals surface area contributed by atoms with Gasteiger partial charge in [0.2, 0.25) is 11.8 Å². The summed E-state index contributed by atoms with van der Waals surface area (Å²) in [5.74, 6) is -5.16. The molecule has 2 amide bonds. The van der Waals surface area contributed by atoms with E-state index in [1.165, 1.54) is 19.3 Å². The van der Waals surface area contributed by atoms with E-state index in [4.69, 9.17) is 37.5 Å². The summed E-state index contributed by atoms with van der Waals surface area (Å²) in [7, 11) is -11.3. The van der Waals surface area contributed by atoms with Gasteiger partial charge in [0.15, 0.2) is 24.8 Å². The Bertz CT molecular complexity index is 2280. The molecule has 2 aliphatic heterocycles. The van der Waals surface area contributed by atoms with Gasteiger partial charge in [-0.1, -0.05) is 253 Å². The maximum Gasteiger partial charge on any atom is 0.472 e. The Kier molecular flexibility index (Phi) is 52.4. The number of rotatable bonds is 63. The third-order valence-corrected chi connectivity index (χ3v) is 19.4. The van der Waals surface area contributed by atoms with Crippen molar-refractivity contribution >= 4 is 51.2 Å². The van der Waals surface area contributed by atoms with Crippen LogP contribution >= 0.6 is 15.6 Å². The molecule has 2 aliphatic rings. The number of hydrogen-bond acceptors (Lipinski definition) is 20. The van der Waals surface area contributed by atoms with E-state index in [0.717, 1.165) is 186 Å². The number of hydrogen-bond donors (Lipinski definition) is 10. The molecule has 2 rings (SSSR count). The first-order chi connectivity index (χ1) is 47.9. The summed E-state index contributed by atoms with van der Waals surface area (Å²) in [5.41, 5.74) is 0. The molecule has 2 saturated heterocycles. The van der Waals surface area contributed by atoms with Gasteiger partial charge in [-0.3, -0.25) is 37.8 Å². The molecule has 586 valence electrons. The Hall–Kier alpha value is -3.04. The second-order valence-electron chi connectivity index (χ2n) is 27.8. The van der Waals surface area contributed by atoms with Crippen molar-refractivity contribution in [2.45, 2.75) is 410 Å². The van der Waals surface area contributed by atoms with E-state index < -0.39 is 170 Å². The maximum absolute atomic E-state index is 14.5. The predicted octanol–water partition coefficient (Wildman–Crippen LogP) is 12.4. The average molecular weight is 1470 g/mol. The Balaban J connectivity index is 2.66. The number of nitrogens with one attached hydrogen (secondary N) is 2. The second kappa shape index (κ2) is 56.3. The number of amides is 2. The van der Waals surface area contributed by atoms with E-state index in [0.29, 0.717) is 32.1 Å². The van der Waals surface area contributed by atoms with Crippen molar-refractivity contribution in [2.24, 2.45) is 0 Å². The highest BCUT2D eigenvalue weighted by molar-refractivity contribution is 7.46. The van der Waals surface area contributed by atoms with Gasteiger partial charge < -0.3 is 79.1 Å². The molecule has 100 heavy (non-hydrogen) atoms. The molecule has 0 radical (unpaired) electrons. The van der Waals surface area contributed by atoms with Gasteiger partial charge in [0, 0.05) is 12.8 Å². The molecule has 28 heteroatoms. The SMILES string of the molecule is CCCCCCCCCCCC(=O)CC(=O)NC1C(OCC2OC(OP(=O)(O)O)C(NC(=O)CC(CCCCCCCCCCC)OC(=O)CCCCCCCCCCC)C(OC(=O)CC(O)CCCCCCC)C2O)OC(CO)C(OP(=O)(O)O)C1OC(=O)CC(O)CCCCCCC. The van der Waals surface area contributed by atoms with Gasteiger partial charge in [0.1, 0.15) is 48.4 Å². The Morgan fingerprint density at radius 2 is 0.810 bits per heavy atom. The van der Waals surface area contributed by atoms with Gasteiger partial charge in [0.05, 0.1) is 51.1 Å². The fourth-order valence-corrected chi connectivity index (χ4v) is 13.8. The maximum atomic E-state index is 14.5. The lowest BCUT2D eigenvalue weighted by Gasteiger charge is -2.47.